The van der Waals surface area contributed by atoms with Gasteiger partial charge in [-0.3, -0.25) is 4.79 Å². The lowest BCUT2D eigenvalue weighted by Crippen LogP contribution is -2.30. The fraction of sp³-hybridized carbons (Fsp3) is 0.316. The van der Waals surface area contributed by atoms with Crippen molar-refractivity contribution in [3.63, 3.8) is 0 Å². The number of carbonyl (C=O) groups is 1. The zero-order valence-corrected chi connectivity index (χ0v) is 13.4. The van der Waals surface area contributed by atoms with Crippen molar-refractivity contribution >= 4 is 5.91 Å². The Kier molecular flexibility index (Phi) is 4.51. The summed E-state index contributed by atoms with van der Waals surface area (Å²) in [5, 5.41) is 3.16. The van der Waals surface area contributed by atoms with E-state index in [0.717, 1.165) is 24.2 Å². The molecule has 0 radical (unpaired) electrons. The largest absolute Gasteiger partial charge is 0.497 e. The maximum absolute atomic E-state index is 12.6. The van der Waals surface area contributed by atoms with Crippen LogP contribution in [0.2, 0.25) is 0 Å². The van der Waals surface area contributed by atoms with Crippen molar-refractivity contribution in [2.75, 3.05) is 14.2 Å². The molecule has 2 aromatic rings. The highest BCUT2D eigenvalue weighted by molar-refractivity contribution is 5.97. The molecule has 1 saturated carbocycles. The summed E-state index contributed by atoms with van der Waals surface area (Å²) in [5.41, 5.74) is 1.67. The van der Waals surface area contributed by atoms with Gasteiger partial charge in [-0.25, -0.2) is 0 Å². The van der Waals surface area contributed by atoms with Crippen LogP contribution in [0.1, 0.15) is 34.8 Å². The van der Waals surface area contributed by atoms with Crippen LogP contribution in [0.3, 0.4) is 0 Å². The Bertz CT molecular complexity index is 677. The maximum atomic E-state index is 12.6. The number of hydrogen-bond acceptors (Lipinski definition) is 3. The first-order valence-electron chi connectivity index (χ1n) is 7.80. The Morgan fingerprint density at radius 3 is 2.35 bits per heavy atom. The number of ether oxygens (including phenoxy) is 2. The lowest BCUT2D eigenvalue weighted by Gasteiger charge is -2.20. The highest BCUT2D eigenvalue weighted by Crippen LogP contribution is 2.41. The van der Waals surface area contributed by atoms with Crippen LogP contribution in [-0.2, 0) is 0 Å². The monoisotopic (exact) mass is 311 g/mol. The normalized spacial score (nSPS) is 14.9. The van der Waals surface area contributed by atoms with Crippen molar-refractivity contribution < 1.29 is 14.3 Å². The molecule has 0 spiro atoms. The number of para-hydroxylation sites is 1. The summed E-state index contributed by atoms with van der Waals surface area (Å²) in [6, 6.07) is 15.2. The van der Waals surface area contributed by atoms with Crippen LogP contribution in [0.4, 0.5) is 0 Å². The van der Waals surface area contributed by atoms with Gasteiger partial charge in [-0.05, 0) is 48.6 Å². The molecule has 1 N–H and O–H groups in total. The molecule has 3 rings (SSSR count). The van der Waals surface area contributed by atoms with Crippen LogP contribution >= 0.6 is 0 Å². The van der Waals surface area contributed by atoms with E-state index in [1.54, 1.807) is 26.4 Å². The molecular weight excluding hydrogens is 290 g/mol. The molecule has 4 heteroatoms. The minimum Gasteiger partial charge on any atom is -0.497 e. The highest BCUT2D eigenvalue weighted by atomic mass is 16.5. The topological polar surface area (TPSA) is 47.6 Å². The summed E-state index contributed by atoms with van der Waals surface area (Å²) in [6.07, 6.45) is 2.28. The van der Waals surface area contributed by atoms with Gasteiger partial charge in [0.1, 0.15) is 11.5 Å². The summed E-state index contributed by atoms with van der Waals surface area (Å²) in [4.78, 5) is 12.6. The number of methoxy groups -OCH3 is 2. The molecule has 1 amide bonds. The van der Waals surface area contributed by atoms with Crippen molar-refractivity contribution in [2.45, 2.75) is 18.9 Å². The van der Waals surface area contributed by atoms with E-state index in [0.29, 0.717) is 17.2 Å². The number of nitrogens with one attached hydrogen (secondary N) is 1. The third kappa shape index (κ3) is 3.47. The number of amides is 1. The van der Waals surface area contributed by atoms with E-state index in [-0.39, 0.29) is 11.9 Å². The smallest absolute Gasteiger partial charge is 0.255 e. The molecule has 0 aromatic heterocycles. The minimum absolute atomic E-state index is 0.0262. The predicted molar refractivity (Wildman–Crippen MR) is 88.9 cm³/mol. The number of carbonyl (C=O) groups excluding carboxylic acids is 1. The number of benzene rings is 2. The van der Waals surface area contributed by atoms with Crippen molar-refractivity contribution in [2.24, 2.45) is 5.92 Å². The number of rotatable bonds is 6. The van der Waals surface area contributed by atoms with Crippen LogP contribution in [0.5, 0.6) is 11.5 Å². The van der Waals surface area contributed by atoms with Crippen LogP contribution in [0, 0.1) is 5.92 Å². The lowest BCUT2D eigenvalue weighted by atomic mass is 10.0. The molecule has 4 nitrogen and oxygen atoms in total. The van der Waals surface area contributed by atoms with Gasteiger partial charge in [-0.1, -0.05) is 24.3 Å². The molecule has 1 atom stereocenters. The van der Waals surface area contributed by atoms with E-state index >= 15 is 0 Å². The fourth-order valence-electron chi connectivity index (χ4n) is 2.77. The molecule has 120 valence electrons. The molecule has 23 heavy (non-hydrogen) atoms. The summed E-state index contributed by atoms with van der Waals surface area (Å²) < 4.78 is 10.5. The summed E-state index contributed by atoms with van der Waals surface area (Å²) in [6.45, 7) is 0. The average molecular weight is 311 g/mol. The summed E-state index contributed by atoms with van der Waals surface area (Å²) in [5.74, 6) is 1.81. The second kappa shape index (κ2) is 6.73. The van der Waals surface area contributed by atoms with E-state index in [4.69, 9.17) is 9.47 Å². The van der Waals surface area contributed by atoms with Gasteiger partial charge in [0.05, 0.1) is 25.8 Å². The molecule has 0 aliphatic heterocycles. The average Bonchev–Trinajstić information content (AvgIpc) is 3.44. The van der Waals surface area contributed by atoms with Crippen LogP contribution < -0.4 is 14.8 Å². The standard InChI is InChI=1S/C19H21NO3/c1-22-15-11-9-14(10-12-15)18(13-7-8-13)20-19(21)16-5-3-4-6-17(16)23-2/h3-6,9-13,18H,7-8H2,1-2H3,(H,20,21). The first kappa shape index (κ1) is 15.4. The Morgan fingerprint density at radius 1 is 1.04 bits per heavy atom. The second-order valence-corrected chi connectivity index (χ2v) is 5.76. The maximum Gasteiger partial charge on any atom is 0.255 e. The van der Waals surface area contributed by atoms with E-state index in [9.17, 15) is 4.79 Å². The first-order valence-corrected chi connectivity index (χ1v) is 7.80. The van der Waals surface area contributed by atoms with Gasteiger partial charge < -0.3 is 14.8 Å². The van der Waals surface area contributed by atoms with Crippen molar-refractivity contribution in [3.05, 3.63) is 59.7 Å². The van der Waals surface area contributed by atoms with E-state index in [2.05, 4.69) is 5.32 Å². The van der Waals surface area contributed by atoms with Gasteiger partial charge in [0.25, 0.3) is 5.91 Å². The third-order valence-electron chi connectivity index (χ3n) is 4.21. The summed E-state index contributed by atoms with van der Waals surface area (Å²) in [7, 11) is 3.23. The zero-order chi connectivity index (χ0) is 16.2. The van der Waals surface area contributed by atoms with Crippen LogP contribution in [-0.4, -0.2) is 20.1 Å². The molecular formula is C19H21NO3. The van der Waals surface area contributed by atoms with Crippen molar-refractivity contribution in [1.82, 2.24) is 5.32 Å². The van der Waals surface area contributed by atoms with Crippen molar-refractivity contribution in [3.8, 4) is 11.5 Å². The van der Waals surface area contributed by atoms with Gasteiger partial charge in [-0.2, -0.15) is 0 Å². The molecule has 0 saturated heterocycles. The quantitative estimate of drug-likeness (QED) is 0.887. The van der Waals surface area contributed by atoms with E-state index in [1.807, 2.05) is 36.4 Å². The predicted octanol–water partition coefficient (Wildman–Crippen LogP) is 3.58. The van der Waals surface area contributed by atoms with Gasteiger partial charge in [0, 0.05) is 0 Å². The SMILES string of the molecule is COc1ccc(C(NC(=O)c2ccccc2OC)C2CC2)cc1. The Hall–Kier alpha value is -2.49. The highest BCUT2D eigenvalue weighted by Gasteiger charge is 2.34. The Morgan fingerprint density at radius 2 is 1.74 bits per heavy atom. The molecule has 0 bridgehead atoms. The molecule has 0 heterocycles. The summed E-state index contributed by atoms with van der Waals surface area (Å²) >= 11 is 0. The van der Waals surface area contributed by atoms with Gasteiger partial charge in [0.15, 0.2) is 0 Å². The first-order chi connectivity index (χ1) is 11.2. The van der Waals surface area contributed by atoms with Crippen molar-refractivity contribution in [1.29, 1.82) is 0 Å². The van der Waals surface area contributed by atoms with Crippen LogP contribution in [0.25, 0.3) is 0 Å². The van der Waals surface area contributed by atoms with Crippen LogP contribution in [0.15, 0.2) is 48.5 Å². The third-order valence-corrected chi connectivity index (χ3v) is 4.21. The van der Waals surface area contributed by atoms with Gasteiger partial charge >= 0.3 is 0 Å². The molecule has 1 aliphatic rings. The number of hydrogen-bond donors (Lipinski definition) is 1. The van der Waals surface area contributed by atoms with E-state index < -0.39 is 0 Å². The minimum atomic E-state index is -0.102. The molecule has 2 aromatic carbocycles. The second-order valence-electron chi connectivity index (χ2n) is 5.76. The Balaban J connectivity index is 1.80. The lowest BCUT2D eigenvalue weighted by molar-refractivity contribution is 0.0928. The Labute approximate surface area is 136 Å². The molecule has 1 fully saturated rings. The van der Waals surface area contributed by atoms with Gasteiger partial charge in [-0.15, -0.1) is 0 Å². The zero-order valence-electron chi connectivity index (χ0n) is 13.4. The van der Waals surface area contributed by atoms with E-state index in [1.165, 1.54) is 0 Å². The van der Waals surface area contributed by atoms with Gasteiger partial charge in [0.2, 0.25) is 0 Å². The fourth-order valence-corrected chi connectivity index (χ4v) is 2.77. The molecule has 1 unspecified atom stereocenters. The molecule has 1 aliphatic carbocycles.